The third kappa shape index (κ3) is 5.24. The van der Waals surface area contributed by atoms with Crippen LogP contribution in [0.3, 0.4) is 0 Å². The van der Waals surface area contributed by atoms with Crippen molar-refractivity contribution in [2.24, 2.45) is 0 Å². The van der Waals surface area contributed by atoms with Crippen LogP contribution in [0.5, 0.6) is 0 Å². The Bertz CT molecular complexity index is 1230. The summed E-state index contributed by atoms with van der Waals surface area (Å²) in [5, 5.41) is 25.2. The number of benzene rings is 2. The molecular weight excluding hydrogens is 478 g/mol. The Morgan fingerprint density at radius 2 is 1.73 bits per heavy atom. The van der Waals surface area contributed by atoms with Crippen LogP contribution < -0.4 is 15.5 Å². The van der Waals surface area contributed by atoms with Gasteiger partial charge in [-0.05, 0) is 84.1 Å². The van der Waals surface area contributed by atoms with E-state index in [9.17, 15) is 5.26 Å². The molecule has 1 aliphatic heterocycles. The van der Waals surface area contributed by atoms with Gasteiger partial charge in [0.05, 0.1) is 27.7 Å². The number of nitriles is 2. The molecule has 2 heterocycles. The molecule has 2 aromatic carbocycles. The van der Waals surface area contributed by atoms with Crippen molar-refractivity contribution >= 4 is 39.1 Å². The van der Waals surface area contributed by atoms with E-state index in [2.05, 4.69) is 54.7 Å². The minimum absolute atomic E-state index is 0.271. The molecule has 7 nitrogen and oxygen atoms in total. The number of rotatable bonds is 5. The van der Waals surface area contributed by atoms with Crippen LogP contribution in [-0.2, 0) is 0 Å². The van der Waals surface area contributed by atoms with E-state index >= 15 is 0 Å². The molecule has 0 atom stereocenters. The van der Waals surface area contributed by atoms with Crippen LogP contribution in [0.4, 0.5) is 23.1 Å². The molecule has 0 radical (unpaired) electrons. The maximum atomic E-state index is 9.19. The number of halogens is 1. The molecular formula is C25H24BrN7. The lowest BCUT2D eigenvalue weighted by Crippen LogP contribution is -2.39. The van der Waals surface area contributed by atoms with E-state index in [0.717, 1.165) is 52.9 Å². The lowest BCUT2D eigenvalue weighted by atomic mass is 10.0. The van der Waals surface area contributed by atoms with Gasteiger partial charge in [0.2, 0.25) is 5.95 Å². The summed E-state index contributed by atoms with van der Waals surface area (Å²) in [6.45, 7) is 5.75. The van der Waals surface area contributed by atoms with E-state index in [1.54, 1.807) is 6.20 Å². The molecule has 4 rings (SSSR count). The fraction of sp³-hybridized carbons (Fsp3) is 0.280. The first-order valence-corrected chi connectivity index (χ1v) is 11.6. The Labute approximate surface area is 202 Å². The summed E-state index contributed by atoms with van der Waals surface area (Å²) in [4.78, 5) is 11.4. The average Bonchev–Trinajstić information content (AvgIpc) is 2.83. The van der Waals surface area contributed by atoms with Crippen LogP contribution in [0, 0.1) is 36.5 Å². The Morgan fingerprint density at radius 1 is 1.03 bits per heavy atom. The predicted molar refractivity (Wildman–Crippen MR) is 134 cm³/mol. The number of hydrogen-bond donors (Lipinski definition) is 2. The molecule has 1 aliphatic rings. The summed E-state index contributed by atoms with van der Waals surface area (Å²) >= 11 is 3.54. The zero-order valence-electron chi connectivity index (χ0n) is 18.6. The smallest absolute Gasteiger partial charge is 0.224 e. The molecule has 3 aromatic rings. The number of aromatic nitrogens is 2. The average molecular weight is 502 g/mol. The molecule has 8 heteroatoms. The van der Waals surface area contributed by atoms with Crippen LogP contribution in [-0.4, -0.2) is 29.1 Å². The molecule has 2 N–H and O–H groups in total. The Morgan fingerprint density at radius 3 is 2.39 bits per heavy atom. The van der Waals surface area contributed by atoms with Crippen molar-refractivity contribution in [1.82, 2.24) is 9.97 Å². The zero-order valence-corrected chi connectivity index (χ0v) is 20.1. The van der Waals surface area contributed by atoms with Crippen molar-refractivity contribution in [2.75, 3.05) is 28.6 Å². The van der Waals surface area contributed by atoms with Crippen molar-refractivity contribution in [2.45, 2.75) is 32.7 Å². The first kappa shape index (κ1) is 22.6. The van der Waals surface area contributed by atoms with Crippen molar-refractivity contribution in [3.8, 4) is 12.1 Å². The van der Waals surface area contributed by atoms with E-state index in [-0.39, 0.29) is 6.04 Å². The van der Waals surface area contributed by atoms with Gasteiger partial charge in [-0.15, -0.1) is 0 Å². The molecule has 1 saturated heterocycles. The molecule has 1 fully saturated rings. The third-order valence-corrected chi connectivity index (χ3v) is 6.40. The molecule has 0 spiro atoms. The fourth-order valence-corrected chi connectivity index (χ4v) is 4.39. The van der Waals surface area contributed by atoms with Gasteiger partial charge in [-0.1, -0.05) is 6.07 Å². The summed E-state index contributed by atoms with van der Waals surface area (Å²) in [5.74, 6) is 1.25. The highest BCUT2D eigenvalue weighted by Crippen LogP contribution is 2.30. The van der Waals surface area contributed by atoms with Crippen LogP contribution in [0.15, 0.2) is 47.1 Å². The van der Waals surface area contributed by atoms with Gasteiger partial charge in [0, 0.05) is 36.7 Å². The minimum atomic E-state index is 0.271. The normalized spacial score (nSPS) is 13.8. The summed E-state index contributed by atoms with van der Waals surface area (Å²) < 4.78 is 0.767. The number of hydrogen-bond acceptors (Lipinski definition) is 7. The van der Waals surface area contributed by atoms with Gasteiger partial charge in [-0.2, -0.15) is 15.5 Å². The van der Waals surface area contributed by atoms with Crippen molar-refractivity contribution in [3.05, 3.63) is 69.3 Å². The fourth-order valence-electron chi connectivity index (χ4n) is 4.10. The van der Waals surface area contributed by atoms with Crippen LogP contribution >= 0.6 is 15.9 Å². The second kappa shape index (κ2) is 9.89. The second-order valence-electron chi connectivity index (χ2n) is 8.18. The topological polar surface area (TPSA) is 101 Å². The largest absolute Gasteiger partial charge is 0.371 e. The minimum Gasteiger partial charge on any atom is -0.371 e. The monoisotopic (exact) mass is 501 g/mol. The zero-order chi connectivity index (χ0) is 23.4. The molecule has 0 unspecified atom stereocenters. The van der Waals surface area contributed by atoms with Gasteiger partial charge in [0.25, 0.3) is 0 Å². The SMILES string of the molecule is Cc1cc(C#N)cc(C)c1Nc1nc(NC2CCN(c3cccc(C#N)c3)CC2)ncc1Br. The van der Waals surface area contributed by atoms with Gasteiger partial charge in [-0.25, -0.2) is 4.98 Å². The van der Waals surface area contributed by atoms with Gasteiger partial charge in [0.15, 0.2) is 0 Å². The molecule has 166 valence electrons. The van der Waals surface area contributed by atoms with Crippen LogP contribution in [0.2, 0.25) is 0 Å². The van der Waals surface area contributed by atoms with Gasteiger partial charge < -0.3 is 15.5 Å². The number of nitrogens with zero attached hydrogens (tertiary/aromatic N) is 5. The first-order valence-electron chi connectivity index (χ1n) is 10.8. The first-order chi connectivity index (χ1) is 16.0. The van der Waals surface area contributed by atoms with Gasteiger partial charge in [-0.3, -0.25) is 0 Å². The summed E-state index contributed by atoms with van der Waals surface area (Å²) in [7, 11) is 0. The number of anilines is 4. The van der Waals surface area contributed by atoms with E-state index in [4.69, 9.17) is 10.2 Å². The van der Waals surface area contributed by atoms with E-state index in [0.29, 0.717) is 22.9 Å². The van der Waals surface area contributed by atoms with Gasteiger partial charge >= 0.3 is 0 Å². The highest BCUT2D eigenvalue weighted by atomic mass is 79.9. The highest BCUT2D eigenvalue weighted by Gasteiger charge is 2.21. The van der Waals surface area contributed by atoms with Crippen LogP contribution in [0.1, 0.15) is 35.1 Å². The Hall–Kier alpha value is -3.62. The quantitative estimate of drug-likeness (QED) is 0.480. The molecule has 0 bridgehead atoms. The molecule has 1 aromatic heterocycles. The van der Waals surface area contributed by atoms with Gasteiger partial charge in [0.1, 0.15) is 5.82 Å². The van der Waals surface area contributed by atoms with Crippen molar-refractivity contribution in [3.63, 3.8) is 0 Å². The van der Waals surface area contributed by atoms with Crippen LogP contribution in [0.25, 0.3) is 0 Å². The number of aryl methyl sites for hydroxylation is 2. The third-order valence-electron chi connectivity index (χ3n) is 5.82. The van der Waals surface area contributed by atoms with Crippen molar-refractivity contribution in [1.29, 1.82) is 10.5 Å². The summed E-state index contributed by atoms with van der Waals surface area (Å²) in [5.41, 5.74) is 5.33. The Kier molecular flexibility index (Phi) is 6.76. The lowest BCUT2D eigenvalue weighted by molar-refractivity contribution is 0.524. The molecule has 33 heavy (non-hydrogen) atoms. The standard InChI is InChI=1S/C25H24BrN7/c1-16-10-19(14-28)11-17(2)23(16)31-24-22(26)15-29-25(32-24)30-20-6-8-33(9-7-20)21-5-3-4-18(12-21)13-27/h3-5,10-12,15,20H,6-9H2,1-2H3,(H2,29,30,31,32). The highest BCUT2D eigenvalue weighted by molar-refractivity contribution is 9.10. The van der Waals surface area contributed by atoms with E-state index in [1.807, 2.05) is 44.2 Å². The maximum absolute atomic E-state index is 9.19. The summed E-state index contributed by atoms with van der Waals surface area (Å²) in [6, 6.07) is 16.2. The number of nitrogens with one attached hydrogen (secondary N) is 2. The Balaban J connectivity index is 1.43. The lowest BCUT2D eigenvalue weighted by Gasteiger charge is -2.34. The molecule has 0 amide bonds. The second-order valence-corrected chi connectivity index (χ2v) is 9.03. The maximum Gasteiger partial charge on any atom is 0.224 e. The van der Waals surface area contributed by atoms with E-state index < -0.39 is 0 Å². The number of piperidine rings is 1. The van der Waals surface area contributed by atoms with E-state index in [1.165, 1.54) is 0 Å². The predicted octanol–water partition coefficient (Wildman–Crippen LogP) is 5.42. The molecule has 0 saturated carbocycles. The summed E-state index contributed by atoms with van der Waals surface area (Å²) in [6.07, 6.45) is 3.65. The van der Waals surface area contributed by atoms with Crippen molar-refractivity contribution < 1.29 is 0 Å². The molecule has 0 aliphatic carbocycles.